The van der Waals surface area contributed by atoms with Gasteiger partial charge in [0.2, 0.25) is 0 Å². The summed E-state index contributed by atoms with van der Waals surface area (Å²) in [4.78, 5) is 13.3. The van der Waals surface area contributed by atoms with Gasteiger partial charge in [0.15, 0.2) is 18.2 Å². The van der Waals surface area contributed by atoms with Crippen LogP contribution in [0.4, 0.5) is 4.39 Å². The molecule has 4 nitrogen and oxygen atoms in total. The second-order valence-corrected chi connectivity index (χ2v) is 5.33. The summed E-state index contributed by atoms with van der Waals surface area (Å²) >= 11 is 0. The van der Waals surface area contributed by atoms with E-state index >= 15 is 0 Å². The minimum atomic E-state index is -0.439. The van der Waals surface area contributed by atoms with Gasteiger partial charge in [-0.15, -0.1) is 0 Å². The summed E-state index contributed by atoms with van der Waals surface area (Å²) in [6.07, 6.45) is 1.04. The van der Waals surface area contributed by atoms with Crippen LogP contribution in [0.2, 0.25) is 0 Å². The summed E-state index contributed by atoms with van der Waals surface area (Å²) in [6.45, 7) is 7.28. The van der Waals surface area contributed by atoms with Crippen molar-refractivity contribution >= 4 is 5.91 Å². The molecule has 0 saturated carbocycles. The largest absolute Gasteiger partial charge is 0.481 e. The molecule has 0 fully saturated rings. The van der Waals surface area contributed by atoms with Crippen LogP contribution in [0.5, 0.6) is 5.75 Å². The molecule has 0 atom stereocenters. The predicted molar refractivity (Wildman–Crippen MR) is 81.8 cm³/mol. The Kier molecular flexibility index (Phi) is 7.15. The molecular weight excluding hydrogens is 271 g/mol. The zero-order valence-corrected chi connectivity index (χ0v) is 13.3. The summed E-state index contributed by atoms with van der Waals surface area (Å²) < 4.78 is 19.2. The van der Waals surface area contributed by atoms with E-state index in [4.69, 9.17) is 4.74 Å². The Morgan fingerprint density at radius 2 is 2.14 bits per heavy atom. The lowest BCUT2D eigenvalue weighted by Crippen LogP contribution is -2.36. The maximum atomic E-state index is 13.9. The Morgan fingerprint density at radius 3 is 2.71 bits per heavy atom. The highest BCUT2D eigenvalue weighted by Gasteiger charge is 2.13. The third-order valence-corrected chi connectivity index (χ3v) is 3.27. The first kappa shape index (κ1) is 17.4. The van der Waals surface area contributed by atoms with Crippen molar-refractivity contribution in [2.24, 2.45) is 0 Å². The molecule has 0 aliphatic heterocycles. The van der Waals surface area contributed by atoms with Gasteiger partial charge in [0.05, 0.1) is 0 Å². The maximum Gasteiger partial charge on any atom is 0.260 e. The van der Waals surface area contributed by atoms with E-state index in [0.29, 0.717) is 6.54 Å². The Morgan fingerprint density at radius 1 is 1.43 bits per heavy atom. The quantitative estimate of drug-likeness (QED) is 0.750. The van der Waals surface area contributed by atoms with Gasteiger partial charge < -0.3 is 15.0 Å². The topological polar surface area (TPSA) is 41.6 Å². The van der Waals surface area contributed by atoms with Crippen molar-refractivity contribution in [3.63, 3.8) is 0 Å². The molecule has 0 heterocycles. The number of halogens is 1. The number of benzene rings is 1. The molecule has 0 aliphatic carbocycles. The van der Waals surface area contributed by atoms with Gasteiger partial charge >= 0.3 is 0 Å². The maximum absolute atomic E-state index is 13.9. The summed E-state index contributed by atoms with van der Waals surface area (Å²) in [5.41, 5.74) is 0.860. The molecule has 1 amide bonds. The number of likely N-dealkylation sites (N-methyl/N-ethyl adjacent to an activating group) is 1. The molecule has 0 aromatic heterocycles. The van der Waals surface area contributed by atoms with Gasteiger partial charge in [0.25, 0.3) is 5.91 Å². The number of carbonyl (C=O) groups excluding carboxylic acids is 1. The van der Waals surface area contributed by atoms with Crippen LogP contribution < -0.4 is 10.1 Å². The first-order chi connectivity index (χ1) is 9.95. The highest BCUT2D eigenvalue weighted by molar-refractivity contribution is 5.77. The lowest BCUT2D eigenvalue weighted by molar-refractivity contribution is -0.133. The van der Waals surface area contributed by atoms with E-state index < -0.39 is 5.82 Å². The summed E-state index contributed by atoms with van der Waals surface area (Å²) in [5, 5.41) is 3.21. The highest BCUT2D eigenvalue weighted by atomic mass is 19.1. The van der Waals surface area contributed by atoms with E-state index in [1.807, 2.05) is 13.8 Å². The van der Waals surface area contributed by atoms with Crippen LogP contribution >= 0.6 is 0 Å². The van der Waals surface area contributed by atoms with Crippen LogP contribution in [0.1, 0.15) is 32.8 Å². The Hall–Kier alpha value is -1.62. The molecule has 0 unspecified atom stereocenters. The van der Waals surface area contributed by atoms with E-state index in [1.54, 1.807) is 24.1 Å². The number of nitrogens with zero attached hydrogens (tertiary/aromatic N) is 1. The van der Waals surface area contributed by atoms with Gasteiger partial charge in [-0.1, -0.05) is 13.0 Å². The summed E-state index contributed by atoms with van der Waals surface area (Å²) in [5.74, 6) is -0.497. The van der Waals surface area contributed by atoms with Gasteiger partial charge in [-0.05, 0) is 44.5 Å². The van der Waals surface area contributed by atoms with Gasteiger partial charge in [-0.25, -0.2) is 4.39 Å². The SMILES string of the molecule is CCCNCc1ccc(OCC(=O)N(C)C(C)C)c(F)c1. The van der Waals surface area contributed by atoms with Gasteiger partial charge in [-0.2, -0.15) is 0 Å². The molecule has 1 aromatic carbocycles. The lowest BCUT2D eigenvalue weighted by Gasteiger charge is -2.21. The van der Waals surface area contributed by atoms with Crippen LogP contribution in [0, 0.1) is 5.82 Å². The molecule has 1 aromatic rings. The number of carbonyl (C=O) groups is 1. The molecule has 0 radical (unpaired) electrons. The normalized spacial score (nSPS) is 10.8. The molecule has 1 N–H and O–H groups in total. The van der Waals surface area contributed by atoms with E-state index in [2.05, 4.69) is 12.2 Å². The minimum Gasteiger partial charge on any atom is -0.481 e. The molecular formula is C16H25FN2O2. The van der Waals surface area contributed by atoms with Crippen molar-refractivity contribution in [1.29, 1.82) is 0 Å². The van der Waals surface area contributed by atoms with Crippen molar-refractivity contribution in [2.45, 2.75) is 39.8 Å². The van der Waals surface area contributed by atoms with E-state index in [-0.39, 0.29) is 24.3 Å². The van der Waals surface area contributed by atoms with Crippen molar-refractivity contribution in [3.8, 4) is 5.75 Å². The van der Waals surface area contributed by atoms with Crippen LogP contribution in [0.25, 0.3) is 0 Å². The Labute approximate surface area is 126 Å². The van der Waals surface area contributed by atoms with Gasteiger partial charge in [-0.3, -0.25) is 4.79 Å². The molecule has 0 spiro atoms. The molecule has 118 valence electrons. The number of ether oxygens (including phenoxy) is 1. The fourth-order valence-corrected chi connectivity index (χ4v) is 1.71. The zero-order chi connectivity index (χ0) is 15.8. The van der Waals surface area contributed by atoms with Crippen LogP contribution in [0.3, 0.4) is 0 Å². The summed E-state index contributed by atoms with van der Waals surface area (Å²) in [7, 11) is 1.70. The molecule has 0 bridgehead atoms. The van der Waals surface area contributed by atoms with Gasteiger partial charge in [0.1, 0.15) is 0 Å². The second-order valence-electron chi connectivity index (χ2n) is 5.33. The van der Waals surface area contributed by atoms with Crippen molar-refractivity contribution in [1.82, 2.24) is 10.2 Å². The minimum absolute atomic E-state index is 0.0953. The lowest BCUT2D eigenvalue weighted by atomic mass is 10.2. The van der Waals surface area contributed by atoms with Crippen LogP contribution in [0.15, 0.2) is 18.2 Å². The standard InChI is InChI=1S/C16H25FN2O2/c1-5-8-18-10-13-6-7-15(14(17)9-13)21-11-16(20)19(4)12(2)3/h6-7,9,12,18H,5,8,10-11H2,1-4H3. The average Bonchev–Trinajstić information content (AvgIpc) is 2.45. The smallest absolute Gasteiger partial charge is 0.260 e. The predicted octanol–water partition coefficient (Wildman–Crippen LogP) is 2.57. The second kappa shape index (κ2) is 8.62. The van der Waals surface area contributed by atoms with E-state index in [0.717, 1.165) is 18.5 Å². The molecule has 0 saturated heterocycles. The fourth-order valence-electron chi connectivity index (χ4n) is 1.71. The average molecular weight is 296 g/mol. The third kappa shape index (κ3) is 5.71. The summed E-state index contributed by atoms with van der Waals surface area (Å²) in [6, 6.07) is 4.91. The highest BCUT2D eigenvalue weighted by Crippen LogP contribution is 2.18. The van der Waals surface area contributed by atoms with Crippen molar-refractivity contribution in [3.05, 3.63) is 29.6 Å². The zero-order valence-electron chi connectivity index (χ0n) is 13.3. The number of rotatable bonds is 8. The molecule has 21 heavy (non-hydrogen) atoms. The van der Waals surface area contributed by atoms with E-state index in [1.165, 1.54) is 6.07 Å². The molecule has 1 rings (SSSR count). The van der Waals surface area contributed by atoms with Crippen LogP contribution in [-0.2, 0) is 11.3 Å². The first-order valence-corrected chi connectivity index (χ1v) is 7.33. The van der Waals surface area contributed by atoms with Crippen molar-refractivity contribution in [2.75, 3.05) is 20.2 Å². The molecule has 5 heteroatoms. The monoisotopic (exact) mass is 296 g/mol. The van der Waals surface area contributed by atoms with Crippen molar-refractivity contribution < 1.29 is 13.9 Å². The fraction of sp³-hybridized carbons (Fsp3) is 0.562. The first-order valence-electron chi connectivity index (χ1n) is 7.33. The number of amides is 1. The van der Waals surface area contributed by atoms with Gasteiger partial charge in [0, 0.05) is 19.6 Å². The number of nitrogens with one attached hydrogen (secondary N) is 1. The Balaban J connectivity index is 2.54. The molecule has 0 aliphatic rings. The van der Waals surface area contributed by atoms with E-state index in [9.17, 15) is 9.18 Å². The number of hydrogen-bond donors (Lipinski definition) is 1. The third-order valence-electron chi connectivity index (χ3n) is 3.27. The Bertz CT molecular complexity index is 464. The van der Waals surface area contributed by atoms with Crippen LogP contribution in [-0.4, -0.2) is 37.0 Å². The number of hydrogen-bond acceptors (Lipinski definition) is 3.